The molecule has 0 aromatic heterocycles. The normalized spacial score (nSPS) is 10.1. The first-order chi connectivity index (χ1) is 9.63. The van der Waals surface area contributed by atoms with Crippen LogP contribution in [0.5, 0.6) is 0 Å². The van der Waals surface area contributed by atoms with Crippen LogP contribution >= 0.6 is 11.6 Å². The topological polar surface area (TPSA) is 78.4 Å². The van der Waals surface area contributed by atoms with E-state index >= 15 is 0 Å². The molecule has 0 aliphatic heterocycles. The molecule has 110 valence electrons. The number of anilines is 1. The van der Waals surface area contributed by atoms with Gasteiger partial charge in [0, 0.05) is 12.8 Å². The predicted molar refractivity (Wildman–Crippen MR) is 77.7 cm³/mol. The SMILES string of the molecule is O=C(CCCCCCC(=O)Nc1ccccc1Cl)NO. The van der Waals surface area contributed by atoms with E-state index in [2.05, 4.69) is 5.32 Å². The second-order valence-corrected chi connectivity index (χ2v) is 4.88. The summed E-state index contributed by atoms with van der Waals surface area (Å²) in [5, 5.41) is 11.6. The number of carbonyl (C=O) groups excluding carboxylic acids is 2. The van der Waals surface area contributed by atoms with Crippen molar-refractivity contribution in [1.82, 2.24) is 5.48 Å². The Balaban J connectivity index is 2.12. The first-order valence-electron chi connectivity index (χ1n) is 6.61. The molecule has 0 bridgehead atoms. The molecular formula is C14H19ClN2O3. The van der Waals surface area contributed by atoms with E-state index < -0.39 is 0 Å². The lowest BCUT2D eigenvalue weighted by atomic mass is 10.1. The van der Waals surface area contributed by atoms with Gasteiger partial charge in [0.15, 0.2) is 0 Å². The van der Waals surface area contributed by atoms with Crippen LogP contribution in [0.15, 0.2) is 24.3 Å². The number of rotatable bonds is 8. The Morgan fingerprint density at radius 3 is 2.20 bits per heavy atom. The van der Waals surface area contributed by atoms with Crippen LogP contribution in [0, 0.1) is 0 Å². The van der Waals surface area contributed by atoms with Crippen molar-refractivity contribution < 1.29 is 14.8 Å². The van der Waals surface area contributed by atoms with Crippen LogP contribution in [0.4, 0.5) is 5.69 Å². The summed E-state index contributed by atoms with van der Waals surface area (Å²) in [7, 11) is 0. The minimum absolute atomic E-state index is 0.0637. The Morgan fingerprint density at radius 2 is 1.60 bits per heavy atom. The molecule has 0 unspecified atom stereocenters. The van der Waals surface area contributed by atoms with Crippen molar-refractivity contribution in [3.63, 3.8) is 0 Å². The lowest BCUT2D eigenvalue weighted by molar-refractivity contribution is -0.129. The molecule has 0 heterocycles. The van der Waals surface area contributed by atoms with Crippen molar-refractivity contribution in [3.05, 3.63) is 29.3 Å². The Bertz CT molecular complexity index is 452. The number of hydroxylamine groups is 1. The van der Waals surface area contributed by atoms with Crippen LogP contribution in [0.3, 0.4) is 0 Å². The van der Waals surface area contributed by atoms with E-state index in [9.17, 15) is 9.59 Å². The quantitative estimate of drug-likeness (QED) is 0.392. The molecule has 0 saturated heterocycles. The van der Waals surface area contributed by atoms with Gasteiger partial charge in [-0.05, 0) is 25.0 Å². The highest BCUT2D eigenvalue weighted by atomic mass is 35.5. The smallest absolute Gasteiger partial charge is 0.243 e. The third kappa shape index (κ3) is 6.54. The number of benzene rings is 1. The second kappa shape index (κ2) is 9.34. The first kappa shape index (κ1) is 16.5. The molecule has 20 heavy (non-hydrogen) atoms. The fourth-order valence-corrected chi connectivity index (χ4v) is 1.94. The van der Waals surface area contributed by atoms with Crippen molar-refractivity contribution >= 4 is 29.1 Å². The number of unbranched alkanes of at least 4 members (excludes halogenated alkanes) is 3. The van der Waals surface area contributed by atoms with E-state index in [1.807, 2.05) is 6.07 Å². The van der Waals surface area contributed by atoms with Crippen molar-refractivity contribution in [2.24, 2.45) is 0 Å². The molecule has 0 saturated carbocycles. The number of hydrogen-bond acceptors (Lipinski definition) is 3. The molecular weight excluding hydrogens is 280 g/mol. The van der Waals surface area contributed by atoms with E-state index in [1.165, 1.54) is 0 Å². The van der Waals surface area contributed by atoms with E-state index in [0.29, 0.717) is 30.0 Å². The van der Waals surface area contributed by atoms with E-state index in [1.54, 1.807) is 23.7 Å². The van der Waals surface area contributed by atoms with Crippen molar-refractivity contribution in [2.75, 3.05) is 5.32 Å². The fourth-order valence-electron chi connectivity index (χ4n) is 1.76. The Hall–Kier alpha value is -1.59. The number of nitrogens with one attached hydrogen (secondary N) is 2. The van der Waals surface area contributed by atoms with Crippen LogP contribution in [0.25, 0.3) is 0 Å². The lowest BCUT2D eigenvalue weighted by Gasteiger charge is -2.06. The number of amides is 2. The maximum atomic E-state index is 11.7. The van der Waals surface area contributed by atoms with E-state index in [4.69, 9.17) is 16.8 Å². The molecule has 3 N–H and O–H groups in total. The van der Waals surface area contributed by atoms with Gasteiger partial charge < -0.3 is 5.32 Å². The van der Waals surface area contributed by atoms with Gasteiger partial charge in [-0.25, -0.2) is 5.48 Å². The van der Waals surface area contributed by atoms with Gasteiger partial charge in [0.25, 0.3) is 0 Å². The van der Waals surface area contributed by atoms with E-state index in [-0.39, 0.29) is 11.8 Å². The minimum atomic E-state index is -0.374. The maximum absolute atomic E-state index is 11.7. The summed E-state index contributed by atoms with van der Waals surface area (Å²) in [4.78, 5) is 22.4. The second-order valence-electron chi connectivity index (χ2n) is 4.48. The van der Waals surface area contributed by atoms with Crippen LogP contribution in [-0.4, -0.2) is 17.0 Å². The van der Waals surface area contributed by atoms with Gasteiger partial charge in [-0.1, -0.05) is 36.6 Å². The van der Waals surface area contributed by atoms with Crippen molar-refractivity contribution in [1.29, 1.82) is 0 Å². The first-order valence-corrected chi connectivity index (χ1v) is 6.98. The zero-order chi connectivity index (χ0) is 14.8. The van der Waals surface area contributed by atoms with Gasteiger partial charge in [0.1, 0.15) is 0 Å². The van der Waals surface area contributed by atoms with Gasteiger partial charge in [-0.2, -0.15) is 0 Å². The molecule has 0 atom stereocenters. The Morgan fingerprint density at radius 1 is 1.00 bits per heavy atom. The molecule has 1 aromatic rings. The number of hydrogen-bond donors (Lipinski definition) is 3. The summed E-state index contributed by atoms with van der Waals surface area (Å²) in [5.74, 6) is -0.437. The summed E-state index contributed by atoms with van der Waals surface area (Å²) < 4.78 is 0. The number of carbonyl (C=O) groups is 2. The molecule has 0 aliphatic carbocycles. The zero-order valence-electron chi connectivity index (χ0n) is 11.2. The van der Waals surface area contributed by atoms with Crippen LogP contribution in [0.1, 0.15) is 38.5 Å². The van der Waals surface area contributed by atoms with Crippen LogP contribution in [-0.2, 0) is 9.59 Å². The molecule has 5 nitrogen and oxygen atoms in total. The highest BCUT2D eigenvalue weighted by Crippen LogP contribution is 2.20. The summed E-state index contributed by atoms with van der Waals surface area (Å²) in [5.41, 5.74) is 2.21. The van der Waals surface area contributed by atoms with Gasteiger partial charge in [-0.3, -0.25) is 14.8 Å². The molecule has 0 aliphatic rings. The molecule has 0 fully saturated rings. The highest BCUT2D eigenvalue weighted by molar-refractivity contribution is 6.33. The minimum Gasteiger partial charge on any atom is -0.325 e. The van der Waals surface area contributed by atoms with Crippen molar-refractivity contribution in [3.8, 4) is 0 Å². The van der Waals surface area contributed by atoms with Crippen LogP contribution < -0.4 is 10.8 Å². The number of halogens is 1. The van der Waals surface area contributed by atoms with Crippen LogP contribution in [0.2, 0.25) is 5.02 Å². The summed E-state index contributed by atoms with van der Waals surface area (Å²) in [6, 6.07) is 7.10. The third-order valence-corrected chi connectivity index (χ3v) is 3.16. The Kier molecular flexibility index (Phi) is 7.69. The summed E-state index contributed by atoms with van der Waals surface area (Å²) >= 11 is 5.94. The molecule has 1 rings (SSSR count). The molecule has 6 heteroatoms. The third-order valence-electron chi connectivity index (χ3n) is 2.83. The van der Waals surface area contributed by atoms with Gasteiger partial charge >= 0.3 is 0 Å². The van der Waals surface area contributed by atoms with Gasteiger partial charge in [-0.15, -0.1) is 0 Å². The highest BCUT2D eigenvalue weighted by Gasteiger charge is 2.05. The average Bonchev–Trinajstić information content (AvgIpc) is 2.44. The molecule has 0 radical (unpaired) electrons. The standard InChI is InChI=1S/C14H19ClN2O3/c15-11-7-5-6-8-12(11)16-13(18)9-3-1-2-4-10-14(19)17-20/h5-8,20H,1-4,9-10H2,(H,16,18)(H,17,19). The molecule has 1 aromatic carbocycles. The largest absolute Gasteiger partial charge is 0.325 e. The van der Waals surface area contributed by atoms with Gasteiger partial charge in [0.2, 0.25) is 11.8 Å². The predicted octanol–water partition coefficient (Wildman–Crippen LogP) is 3.12. The average molecular weight is 299 g/mol. The zero-order valence-corrected chi connectivity index (χ0v) is 11.9. The Labute approximate surface area is 123 Å². The summed E-state index contributed by atoms with van der Waals surface area (Å²) in [6.07, 6.45) is 3.93. The number of para-hydroxylation sites is 1. The van der Waals surface area contributed by atoms with Crippen molar-refractivity contribution in [2.45, 2.75) is 38.5 Å². The monoisotopic (exact) mass is 298 g/mol. The van der Waals surface area contributed by atoms with E-state index in [0.717, 1.165) is 19.3 Å². The summed E-state index contributed by atoms with van der Waals surface area (Å²) in [6.45, 7) is 0. The maximum Gasteiger partial charge on any atom is 0.243 e. The lowest BCUT2D eigenvalue weighted by Crippen LogP contribution is -2.17. The fraction of sp³-hybridized carbons (Fsp3) is 0.429. The van der Waals surface area contributed by atoms with Gasteiger partial charge in [0.05, 0.1) is 10.7 Å². The molecule has 0 spiro atoms. The molecule has 2 amide bonds.